The molecule has 4 rings (SSSR count). The third-order valence-corrected chi connectivity index (χ3v) is 15.7. The molecule has 0 saturated carbocycles. The molecule has 2 saturated heterocycles. The van der Waals surface area contributed by atoms with Crippen LogP contribution in [0.15, 0.2) is 65.8 Å². The maximum Gasteiger partial charge on any atom is 0.338 e. The Balaban J connectivity index is 1.91. The van der Waals surface area contributed by atoms with Crippen molar-refractivity contribution >= 4 is 72.7 Å². The largest absolute Gasteiger partial charge is 0.467 e. The number of esters is 3. The van der Waals surface area contributed by atoms with Crippen molar-refractivity contribution in [3.63, 3.8) is 0 Å². The predicted molar refractivity (Wildman–Crippen MR) is 235 cm³/mol. The number of hydrogen-bond donors (Lipinski definition) is 1. The standard InChI is InChI=1S/C42H55Cl3N4O14Si/c1-24(50)19-20-29(52)59-36-33(57-22-27-17-13-10-14-18-27)34(35(37(53)54-6)61-39(36)62-40(46)42(43,44)45)60-38-30(48-49-47)32(56-21-26-15-11-9-12-16-26)31(28(58-38)23-55-25(2)51)63-64(7,8)41(3,4)5/h9-18,28,30-36,38-39,46H,19-23H2,1-8H3/t28-,30-,31-,32-,33+,34+,35+,36-,38-,39-/m1/s1. The van der Waals surface area contributed by atoms with Gasteiger partial charge in [-0.1, -0.05) is 121 Å². The van der Waals surface area contributed by atoms with Gasteiger partial charge in [-0.25, -0.2) is 4.79 Å². The molecule has 0 radical (unpaired) electrons. The number of nitrogens with one attached hydrogen (secondary N) is 1. The molecular weight excluding hydrogens is 919 g/mol. The predicted octanol–water partition coefficient (Wildman–Crippen LogP) is 7.44. The van der Waals surface area contributed by atoms with E-state index >= 15 is 0 Å². The number of methoxy groups -OCH3 is 1. The highest BCUT2D eigenvalue weighted by atomic mass is 35.6. The van der Waals surface area contributed by atoms with E-state index in [1.807, 2.05) is 64.2 Å². The second kappa shape index (κ2) is 23.6. The molecule has 2 aromatic rings. The summed E-state index contributed by atoms with van der Waals surface area (Å²) in [5.74, 6) is -3.91. The quantitative estimate of drug-likeness (QED) is 0.0166. The number of carbonyl (C=O) groups excluding carboxylic acids is 4. The van der Waals surface area contributed by atoms with Crippen molar-refractivity contribution in [1.29, 1.82) is 5.41 Å². The van der Waals surface area contributed by atoms with E-state index < -0.39 is 104 Å². The number of rotatable bonds is 19. The number of ketones is 1. The summed E-state index contributed by atoms with van der Waals surface area (Å²) >= 11 is 18.0. The molecule has 0 unspecified atom stereocenters. The molecule has 0 aromatic heterocycles. The van der Waals surface area contributed by atoms with Crippen LogP contribution in [-0.4, -0.2) is 117 Å². The van der Waals surface area contributed by atoms with Crippen LogP contribution in [0.1, 0.15) is 58.6 Å². The first-order valence-corrected chi connectivity index (χ1v) is 24.3. The number of Topliss-reactive ketones (excluding diaryl/α,β-unsaturated/α-hetero) is 1. The second-order valence-electron chi connectivity index (χ2n) is 16.6. The Labute approximate surface area is 387 Å². The minimum absolute atomic E-state index is 0.0000693. The molecule has 352 valence electrons. The number of ether oxygens (including phenoxy) is 9. The Morgan fingerprint density at radius 3 is 1.89 bits per heavy atom. The fourth-order valence-electron chi connectivity index (χ4n) is 6.41. The van der Waals surface area contributed by atoms with Gasteiger partial charge in [0.1, 0.15) is 42.8 Å². The number of benzene rings is 2. The van der Waals surface area contributed by atoms with Gasteiger partial charge in [0.15, 0.2) is 26.8 Å². The summed E-state index contributed by atoms with van der Waals surface area (Å²) in [4.78, 5) is 54.6. The number of azide groups is 1. The van der Waals surface area contributed by atoms with Crippen molar-refractivity contribution in [2.75, 3.05) is 13.7 Å². The molecule has 0 bridgehead atoms. The van der Waals surface area contributed by atoms with Gasteiger partial charge in [-0.05, 0) is 41.7 Å². The Kier molecular flexibility index (Phi) is 19.4. The lowest BCUT2D eigenvalue weighted by Gasteiger charge is -2.50. The van der Waals surface area contributed by atoms with Gasteiger partial charge in [0.25, 0.3) is 3.79 Å². The molecule has 64 heavy (non-hydrogen) atoms. The van der Waals surface area contributed by atoms with Crippen LogP contribution in [0.5, 0.6) is 0 Å². The van der Waals surface area contributed by atoms with E-state index in [9.17, 15) is 24.7 Å². The highest BCUT2D eigenvalue weighted by Crippen LogP contribution is 2.42. The van der Waals surface area contributed by atoms with Crippen LogP contribution in [0.2, 0.25) is 18.1 Å². The number of carbonyl (C=O) groups is 4. The maximum atomic E-state index is 13.8. The topological polar surface area (TPSA) is 233 Å². The fraction of sp³-hybridized carbons (Fsp3) is 0.595. The van der Waals surface area contributed by atoms with Gasteiger partial charge < -0.3 is 51.9 Å². The molecule has 1 N–H and O–H groups in total. The molecule has 18 nitrogen and oxygen atoms in total. The van der Waals surface area contributed by atoms with Crippen molar-refractivity contribution in [1.82, 2.24) is 0 Å². The summed E-state index contributed by atoms with van der Waals surface area (Å²) in [7, 11) is -1.65. The molecule has 0 spiro atoms. The van der Waals surface area contributed by atoms with Crippen molar-refractivity contribution < 1.29 is 66.2 Å². The van der Waals surface area contributed by atoms with Crippen LogP contribution >= 0.6 is 34.8 Å². The Bertz CT molecular complexity index is 1950. The number of halogens is 3. The first-order valence-electron chi connectivity index (χ1n) is 20.3. The van der Waals surface area contributed by atoms with Gasteiger partial charge in [0, 0.05) is 18.3 Å². The highest BCUT2D eigenvalue weighted by molar-refractivity contribution is 6.76. The van der Waals surface area contributed by atoms with Crippen LogP contribution < -0.4 is 0 Å². The molecule has 0 amide bonds. The molecule has 2 aliphatic rings. The van der Waals surface area contributed by atoms with E-state index in [4.69, 9.17) is 87.3 Å². The second-order valence-corrected chi connectivity index (χ2v) is 23.6. The first-order chi connectivity index (χ1) is 30.1. The van der Waals surface area contributed by atoms with Crippen molar-refractivity contribution in [2.45, 2.75) is 144 Å². The van der Waals surface area contributed by atoms with Gasteiger partial charge in [0.05, 0.1) is 32.8 Å². The SMILES string of the molecule is COC(=O)[C@H]1O[C@H](OC(=N)C(Cl)(Cl)Cl)[C@H](OC(=O)CCC(C)=O)[C@@H](OCc2ccccc2)[C@@H]1O[C@H]1O[C@H](COC(C)=O)[C@@H](O[Si](C)(C)C(C)(C)C)[C@H](OCc2ccccc2)[C@H]1N=[N+]=[N-]. The van der Waals surface area contributed by atoms with E-state index in [1.54, 1.807) is 30.3 Å². The van der Waals surface area contributed by atoms with E-state index in [0.717, 1.165) is 12.7 Å². The lowest BCUT2D eigenvalue weighted by Crippen LogP contribution is -2.67. The first kappa shape index (κ1) is 52.8. The van der Waals surface area contributed by atoms with Crippen LogP contribution in [-0.2, 0) is 79.4 Å². The van der Waals surface area contributed by atoms with Gasteiger partial charge in [-0.2, -0.15) is 0 Å². The van der Waals surface area contributed by atoms with Crippen LogP contribution in [0.25, 0.3) is 10.4 Å². The van der Waals surface area contributed by atoms with E-state index in [0.29, 0.717) is 5.56 Å². The van der Waals surface area contributed by atoms with Crippen LogP contribution in [0.3, 0.4) is 0 Å². The van der Waals surface area contributed by atoms with Gasteiger partial charge in [0.2, 0.25) is 12.2 Å². The number of alkyl halides is 3. The third kappa shape index (κ3) is 14.8. The average Bonchev–Trinajstić information content (AvgIpc) is 3.22. The maximum absolute atomic E-state index is 13.8. The zero-order valence-corrected chi connectivity index (χ0v) is 40.0. The zero-order chi connectivity index (χ0) is 47.4. The molecule has 2 aromatic carbocycles. The van der Waals surface area contributed by atoms with E-state index in [-0.39, 0.29) is 37.1 Å². The number of hydrogen-bond acceptors (Lipinski definition) is 16. The molecule has 0 aliphatic carbocycles. The fourth-order valence-corrected chi connectivity index (χ4v) is 7.86. The Hall–Kier alpha value is -3.85. The summed E-state index contributed by atoms with van der Waals surface area (Å²) in [5.41, 5.74) is 11.5. The van der Waals surface area contributed by atoms with Crippen LogP contribution in [0.4, 0.5) is 0 Å². The molecular formula is C42H55Cl3N4O14Si. The van der Waals surface area contributed by atoms with Crippen molar-refractivity contribution in [2.24, 2.45) is 5.11 Å². The smallest absolute Gasteiger partial charge is 0.338 e. The molecule has 2 aliphatic heterocycles. The average molecular weight is 974 g/mol. The Morgan fingerprint density at radius 1 is 0.812 bits per heavy atom. The monoisotopic (exact) mass is 972 g/mol. The van der Waals surface area contributed by atoms with Crippen molar-refractivity contribution in [3.8, 4) is 0 Å². The third-order valence-electron chi connectivity index (χ3n) is 10.7. The number of nitrogens with zero attached hydrogens (tertiary/aromatic N) is 3. The van der Waals surface area contributed by atoms with Gasteiger partial charge in [-0.15, -0.1) is 0 Å². The lowest BCUT2D eigenvalue weighted by atomic mass is 9.95. The zero-order valence-electron chi connectivity index (χ0n) is 36.8. The van der Waals surface area contributed by atoms with Gasteiger partial charge in [-0.3, -0.25) is 15.0 Å². The summed E-state index contributed by atoms with van der Waals surface area (Å²) in [6.45, 7) is 12.0. The van der Waals surface area contributed by atoms with Crippen LogP contribution in [0, 0.1) is 5.41 Å². The minimum Gasteiger partial charge on any atom is -0.467 e. The molecule has 10 atom stereocenters. The van der Waals surface area contributed by atoms with Gasteiger partial charge >= 0.3 is 17.9 Å². The minimum atomic E-state index is -2.72. The molecule has 2 heterocycles. The lowest BCUT2D eigenvalue weighted by molar-refractivity contribution is -0.339. The van der Waals surface area contributed by atoms with E-state index in [1.165, 1.54) is 13.8 Å². The molecule has 22 heteroatoms. The highest BCUT2D eigenvalue weighted by Gasteiger charge is 2.58. The summed E-state index contributed by atoms with van der Waals surface area (Å²) < 4.78 is 59.1. The Morgan fingerprint density at radius 2 is 1.39 bits per heavy atom. The summed E-state index contributed by atoms with van der Waals surface area (Å²) in [6.07, 6.45) is -14.3. The summed E-state index contributed by atoms with van der Waals surface area (Å²) in [6, 6.07) is 16.5. The molecule has 2 fully saturated rings. The van der Waals surface area contributed by atoms with Crippen molar-refractivity contribution in [3.05, 3.63) is 82.2 Å². The summed E-state index contributed by atoms with van der Waals surface area (Å²) in [5, 5.41) is 12.1. The van der Waals surface area contributed by atoms with E-state index in [2.05, 4.69) is 10.0 Å². The normalized spacial score (nSPS) is 26.2.